The van der Waals surface area contributed by atoms with Gasteiger partial charge in [-0.25, -0.2) is 9.50 Å². The number of fused-ring (bicyclic) bond motifs is 1. The molecule has 0 aliphatic carbocycles. The molecule has 9 heteroatoms. The molecule has 0 aliphatic rings. The van der Waals surface area contributed by atoms with Crippen LogP contribution in [0.25, 0.3) is 16.9 Å². The molecule has 1 unspecified atom stereocenters. The number of nitrogens with zero attached hydrogens (tertiary/aromatic N) is 4. The van der Waals surface area contributed by atoms with Crippen LogP contribution in [0.3, 0.4) is 0 Å². The van der Waals surface area contributed by atoms with Gasteiger partial charge in [0.05, 0.1) is 11.9 Å². The first-order valence-corrected chi connectivity index (χ1v) is 7.83. The van der Waals surface area contributed by atoms with Gasteiger partial charge in [-0.3, -0.25) is 9.78 Å². The zero-order chi connectivity index (χ0) is 19.1. The van der Waals surface area contributed by atoms with E-state index in [4.69, 9.17) is 0 Å². The number of halogens is 3. The predicted octanol–water partition coefficient (Wildman–Crippen LogP) is 3.09. The van der Waals surface area contributed by atoms with Crippen molar-refractivity contribution in [1.29, 1.82) is 0 Å². The van der Waals surface area contributed by atoms with Crippen molar-refractivity contribution in [2.24, 2.45) is 0 Å². The third-order valence-corrected chi connectivity index (χ3v) is 3.94. The molecule has 0 bridgehead atoms. The Kier molecular flexibility index (Phi) is 4.39. The summed E-state index contributed by atoms with van der Waals surface area (Å²) in [5.41, 5.74) is 2.99. The van der Waals surface area contributed by atoms with Gasteiger partial charge < -0.3 is 5.32 Å². The lowest BCUT2D eigenvalue weighted by Crippen LogP contribution is -2.43. The number of nitrogens with one attached hydrogen (secondary N) is 1. The summed E-state index contributed by atoms with van der Waals surface area (Å²) in [5.74, 6) is -0.879. The number of hydrogen-bond donors (Lipinski definition) is 1. The Morgan fingerprint density at radius 2 is 1.96 bits per heavy atom. The molecule has 0 aromatic carbocycles. The number of aryl methyl sites for hydroxylation is 2. The average Bonchev–Trinajstić information content (AvgIpc) is 2.99. The highest BCUT2D eigenvalue weighted by atomic mass is 19.4. The fourth-order valence-corrected chi connectivity index (χ4v) is 2.40. The molecule has 3 aromatic heterocycles. The second-order valence-corrected chi connectivity index (χ2v) is 6.00. The summed E-state index contributed by atoms with van der Waals surface area (Å²) >= 11 is 0. The molecule has 1 amide bonds. The number of carbonyl (C=O) groups excluding carboxylic acids is 1. The standard InChI is InChI=1S/C17H16F3N5O/c1-9-4-5-12(7-21-9)14-6-10(2)25-15(24-14)13(8-22-25)16(26)23-11(3)17(18,19)20/h4-8,11H,1-3H3,(H,23,26). The van der Waals surface area contributed by atoms with Crippen molar-refractivity contribution < 1.29 is 18.0 Å². The normalized spacial score (nSPS) is 13.0. The molecular formula is C17H16F3N5O. The van der Waals surface area contributed by atoms with Crippen molar-refractivity contribution >= 4 is 11.6 Å². The van der Waals surface area contributed by atoms with Gasteiger partial charge in [-0.05, 0) is 39.0 Å². The number of hydrogen-bond acceptors (Lipinski definition) is 4. The molecule has 26 heavy (non-hydrogen) atoms. The fourth-order valence-electron chi connectivity index (χ4n) is 2.40. The van der Waals surface area contributed by atoms with Crippen LogP contribution < -0.4 is 5.32 Å². The SMILES string of the molecule is Cc1ccc(-c2cc(C)n3ncc(C(=O)NC(C)C(F)(F)F)c3n2)cn1. The van der Waals surface area contributed by atoms with Gasteiger partial charge in [0.2, 0.25) is 0 Å². The largest absolute Gasteiger partial charge is 0.408 e. The highest BCUT2D eigenvalue weighted by Crippen LogP contribution is 2.22. The minimum absolute atomic E-state index is 0.0221. The van der Waals surface area contributed by atoms with Crippen LogP contribution in [0, 0.1) is 13.8 Å². The molecule has 0 spiro atoms. The molecule has 0 aliphatic heterocycles. The van der Waals surface area contributed by atoms with Crippen LogP contribution >= 0.6 is 0 Å². The third kappa shape index (κ3) is 3.37. The van der Waals surface area contributed by atoms with Crippen LogP contribution in [0.1, 0.15) is 28.7 Å². The molecule has 0 radical (unpaired) electrons. The molecule has 1 N–H and O–H groups in total. The Bertz CT molecular complexity index is 963. The van der Waals surface area contributed by atoms with E-state index in [1.54, 1.807) is 19.2 Å². The summed E-state index contributed by atoms with van der Waals surface area (Å²) < 4.78 is 39.5. The zero-order valence-electron chi connectivity index (χ0n) is 14.3. The van der Waals surface area contributed by atoms with E-state index in [9.17, 15) is 18.0 Å². The molecule has 3 aromatic rings. The minimum atomic E-state index is -4.53. The van der Waals surface area contributed by atoms with Crippen molar-refractivity contribution in [3.63, 3.8) is 0 Å². The maximum absolute atomic E-state index is 12.7. The Morgan fingerprint density at radius 1 is 1.23 bits per heavy atom. The number of aromatic nitrogens is 4. The van der Waals surface area contributed by atoms with Gasteiger partial charge in [0.1, 0.15) is 11.6 Å². The van der Waals surface area contributed by atoms with E-state index in [1.165, 1.54) is 10.7 Å². The van der Waals surface area contributed by atoms with E-state index in [2.05, 4.69) is 15.1 Å². The van der Waals surface area contributed by atoms with Crippen LogP contribution in [0.5, 0.6) is 0 Å². The van der Waals surface area contributed by atoms with Gasteiger partial charge in [-0.15, -0.1) is 0 Å². The molecule has 1 atom stereocenters. The number of amides is 1. The van der Waals surface area contributed by atoms with E-state index in [0.29, 0.717) is 11.4 Å². The molecule has 136 valence electrons. The van der Waals surface area contributed by atoms with Crippen LogP contribution in [0.4, 0.5) is 13.2 Å². The van der Waals surface area contributed by atoms with Crippen LogP contribution in [-0.2, 0) is 0 Å². The van der Waals surface area contributed by atoms with Crippen molar-refractivity contribution in [2.45, 2.75) is 33.0 Å². The van der Waals surface area contributed by atoms with Gasteiger partial charge >= 0.3 is 6.18 Å². The van der Waals surface area contributed by atoms with Crippen LogP contribution in [0.15, 0.2) is 30.6 Å². The summed E-state index contributed by atoms with van der Waals surface area (Å²) in [7, 11) is 0. The number of pyridine rings is 1. The van der Waals surface area contributed by atoms with Gasteiger partial charge in [-0.1, -0.05) is 0 Å². The van der Waals surface area contributed by atoms with E-state index < -0.39 is 18.1 Å². The van der Waals surface area contributed by atoms with Crippen molar-refractivity contribution in [3.8, 4) is 11.3 Å². The first-order chi connectivity index (χ1) is 12.2. The van der Waals surface area contributed by atoms with Crippen molar-refractivity contribution in [1.82, 2.24) is 24.9 Å². The lowest BCUT2D eigenvalue weighted by Gasteiger charge is -2.16. The molecule has 0 saturated carbocycles. The summed E-state index contributed by atoms with van der Waals surface area (Å²) in [6.45, 7) is 4.51. The monoisotopic (exact) mass is 363 g/mol. The third-order valence-electron chi connectivity index (χ3n) is 3.94. The first kappa shape index (κ1) is 17.8. The first-order valence-electron chi connectivity index (χ1n) is 7.83. The topological polar surface area (TPSA) is 72.2 Å². The summed E-state index contributed by atoms with van der Waals surface area (Å²) in [5, 5.41) is 5.99. The maximum Gasteiger partial charge on any atom is 0.408 e. The fraction of sp³-hybridized carbons (Fsp3) is 0.294. The second kappa shape index (κ2) is 6.40. The lowest BCUT2D eigenvalue weighted by molar-refractivity contribution is -0.149. The maximum atomic E-state index is 12.7. The molecular weight excluding hydrogens is 347 g/mol. The summed E-state index contributed by atoms with van der Waals surface area (Å²) in [4.78, 5) is 20.9. The minimum Gasteiger partial charge on any atom is -0.340 e. The highest BCUT2D eigenvalue weighted by molar-refractivity contribution is 6.00. The van der Waals surface area contributed by atoms with Gasteiger partial charge in [0, 0.05) is 23.1 Å². The van der Waals surface area contributed by atoms with E-state index in [1.807, 2.05) is 24.4 Å². The Labute approximate surface area is 147 Å². The molecule has 0 fully saturated rings. The zero-order valence-corrected chi connectivity index (χ0v) is 14.3. The van der Waals surface area contributed by atoms with Gasteiger partial charge in [0.15, 0.2) is 5.65 Å². The smallest absolute Gasteiger partial charge is 0.340 e. The highest BCUT2D eigenvalue weighted by Gasteiger charge is 2.37. The number of alkyl halides is 3. The Balaban J connectivity index is 2.02. The lowest BCUT2D eigenvalue weighted by atomic mass is 10.1. The number of rotatable bonds is 3. The molecule has 6 nitrogen and oxygen atoms in total. The van der Waals surface area contributed by atoms with E-state index in [-0.39, 0.29) is 11.2 Å². The number of carbonyl (C=O) groups is 1. The van der Waals surface area contributed by atoms with E-state index >= 15 is 0 Å². The van der Waals surface area contributed by atoms with Crippen LogP contribution in [-0.4, -0.2) is 37.7 Å². The van der Waals surface area contributed by atoms with Gasteiger partial charge in [-0.2, -0.15) is 18.3 Å². The average molecular weight is 363 g/mol. The van der Waals surface area contributed by atoms with Gasteiger partial charge in [0.25, 0.3) is 5.91 Å². The van der Waals surface area contributed by atoms with Crippen molar-refractivity contribution in [2.75, 3.05) is 0 Å². The quantitative estimate of drug-likeness (QED) is 0.776. The molecule has 3 heterocycles. The Morgan fingerprint density at radius 3 is 2.58 bits per heavy atom. The summed E-state index contributed by atoms with van der Waals surface area (Å²) in [6, 6.07) is 3.45. The molecule has 3 rings (SSSR count). The molecule has 0 saturated heterocycles. The summed E-state index contributed by atoms with van der Waals surface area (Å²) in [6.07, 6.45) is -1.67. The van der Waals surface area contributed by atoms with Crippen molar-refractivity contribution in [3.05, 3.63) is 47.5 Å². The predicted molar refractivity (Wildman–Crippen MR) is 88.7 cm³/mol. The second-order valence-electron chi connectivity index (χ2n) is 6.00. The van der Waals surface area contributed by atoms with E-state index in [0.717, 1.165) is 18.2 Å². The van der Waals surface area contributed by atoms with Crippen LogP contribution in [0.2, 0.25) is 0 Å². The Hall–Kier alpha value is -2.97.